The molecule has 1 unspecified atom stereocenters. The Bertz CT molecular complexity index is 262. The van der Waals surface area contributed by atoms with Crippen LogP contribution >= 0.6 is 0 Å². The van der Waals surface area contributed by atoms with Gasteiger partial charge in [0, 0.05) is 6.42 Å². The van der Waals surface area contributed by atoms with E-state index in [-0.39, 0.29) is 6.42 Å². The summed E-state index contributed by atoms with van der Waals surface area (Å²) in [5.74, 6) is -1.87. The van der Waals surface area contributed by atoms with Crippen molar-refractivity contribution in [3.63, 3.8) is 0 Å². The molecule has 0 aromatic carbocycles. The molecule has 0 saturated heterocycles. The van der Waals surface area contributed by atoms with Gasteiger partial charge in [0.15, 0.2) is 0 Å². The van der Waals surface area contributed by atoms with E-state index in [1.54, 1.807) is 20.8 Å². The van der Waals surface area contributed by atoms with Crippen LogP contribution in [0.4, 0.5) is 0 Å². The van der Waals surface area contributed by atoms with E-state index in [4.69, 9.17) is 15.3 Å². The van der Waals surface area contributed by atoms with Gasteiger partial charge < -0.3 is 24.8 Å². The Hall–Kier alpha value is -1.67. The second kappa shape index (κ2) is 17.3. The Labute approximate surface area is 118 Å². The average Bonchev–Trinajstić information content (AvgIpc) is 2.40. The smallest absolute Gasteiger partial charge is 0.334 e. The molecule has 120 valence electrons. The number of rotatable bonds is 5. The lowest BCUT2D eigenvalue weighted by molar-refractivity contribution is -0.152. The highest BCUT2D eigenvalue weighted by Crippen LogP contribution is 1.84. The topological polar surface area (TPSA) is 130 Å². The molecule has 0 spiro atoms. The van der Waals surface area contributed by atoms with Crippen molar-refractivity contribution in [2.24, 2.45) is 0 Å². The van der Waals surface area contributed by atoms with Crippen molar-refractivity contribution in [3.8, 4) is 0 Å². The largest absolute Gasteiger partial charge is 0.481 e. The number of carboxylic acids is 1. The first-order valence-corrected chi connectivity index (χ1v) is 6.09. The van der Waals surface area contributed by atoms with Gasteiger partial charge in [-0.15, -0.1) is 0 Å². The predicted molar refractivity (Wildman–Crippen MR) is 70.0 cm³/mol. The summed E-state index contributed by atoms with van der Waals surface area (Å²) < 4.78 is 8.72. The molecule has 0 bridgehead atoms. The fourth-order valence-electron chi connectivity index (χ4n) is 0.469. The maximum atomic E-state index is 10.3. The lowest BCUT2D eigenvalue weighted by Crippen LogP contribution is -2.18. The monoisotopic (exact) mass is 296 g/mol. The Balaban J connectivity index is -0.000000223. The van der Waals surface area contributed by atoms with Gasteiger partial charge in [0.25, 0.3) is 0 Å². The predicted octanol–water partition coefficient (Wildman–Crippen LogP) is -0.0469. The van der Waals surface area contributed by atoms with E-state index in [1.807, 2.05) is 0 Å². The molecule has 8 nitrogen and oxygen atoms in total. The highest BCUT2D eigenvalue weighted by atomic mass is 16.5. The molecule has 0 heterocycles. The van der Waals surface area contributed by atoms with Crippen LogP contribution in [0.3, 0.4) is 0 Å². The van der Waals surface area contributed by atoms with Crippen LogP contribution in [0.25, 0.3) is 0 Å². The van der Waals surface area contributed by atoms with Crippen LogP contribution < -0.4 is 0 Å². The molecule has 20 heavy (non-hydrogen) atoms. The molecule has 0 aliphatic rings. The third kappa shape index (κ3) is 25.2. The van der Waals surface area contributed by atoms with Crippen molar-refractivity contribution in [1.82, 2.24) is 0 Å². The molecule has 0 aliphatic carbocycles. The molecular weight excluding hydrogens is 272 g/mol. The van der Waals surface area contributed by atoms with Gasteiger partial charge in [0.1, 0.15) is 12.7 Å². The first kappa shape index (κ1) is 23.4. The first-order valence-electron chi connectivity index (χ1n) is 6.09. The molecule has 3 N–H and O–H groups in total. The molecule has 0 rings (SSSR count). The molecule has 1 atom stereocenters. The minimum atomic E-state index is -0.991. The van der Waals surface area contributed by atoms with E-state index in [9.17, 15) is 14.4 Å². The number of hydrogen-bond donors (Lipinski definition) is 3. The van der Waals surface area contributed by atoms with Crippen molar-refractivity contribution < 1.29 is 39.2 Å². The van der Waals surface area contributed by atoms with E-state index in [0.29, 0.717) is 13.2 Å². The number of aliphatic carboxylic acids is 1. The lowest BCUT2D eigenvalue weighted by atomic mass is 10.4. The summed E-state index contributed by atoms with van der Waals surface area (Å²) in [7, 11) is 0. The zero-order valence-electron chi connectivity index (χ0n) is 12.3. The summed E-state index contributed by atoms with van der Waals surface area (Å²) in [5, 5.41) is 24.2. The fourth-order valence-corrected chi connectivity index (χ4v) is 0.469. The summed E-state index contributed by atoms with van der Waals surface area (Å²) >= 11 is 0. The van der Waals surface area contributed by atoms with Crippen molar-refractivity contribution in [3.05, 3.63) is 0 Å². The number of carbonyl (C=O) groups is 3. The van der Waals surface area contributed by atoms with Crippen LogP contribution in [0, 0.1) is 0 Å². The third-order valence-electron chi connectivity index (χ3n) is 1.36. The summed E-state index contributed by atoms with van der Waals surface area (Å²) in [6.45, 7) is 6.49. The molecule has 0 fully saturated rings. The first-order chi connectivity index (χ1) is 9.26. The summed E-state index contributed by atoms with van der Waals surface area (Å²) in [6, 6.07) is 0. The molecule has 0 aromatic heterocycles. The van der Waals surface area contributed by atoms with Gasteiger partial charge in [-0.25, -0.2) is 9.59 Å². The van der Waals surface area contributed by atoms with Gasteiger partial charge in [-0.05, 0) is 20.8 Å². The minimum Gasteiger partial charge on any atom is -0.481 e. The van der Waals surface area contributed by atoms with Crippen LogP contribution in [0.1, 0.15) is 34.1 Å². The second-order valence-electron chi connectivity index (χ2n) is 3.14. The number of ether oxygens (including phenoxy) is 2. The highest BCUT2D eigenvalue weighted by molar-refractivity contribution is 5.73. The molecule has 0 saturated carbocycles. The number of aliphatic hydroxyl groups is 2. The summed E-state index contributed by atoms with van der Waals surface area (Å²) in [4.78, 5) is 29.6. The number of aliphatic hydroxyl groups excluding tert-OH is 2. The summed E-state index contributed by atoms with van der Waals surface area (Å²) in [6.07, 6.45) is -0.769. The van der Waals surface area contributed by atoms with Crippen LogP contribution in [0.2, 0.25) is 0 Å². The normalized spacial score (nSPS) is 9.90. The highest BCUT2D eigenvalue weighted by Gasteiger charge is 2.07. The van der Waals surface area contributed by atoms with Crippen LogP contribution in [-0.2, 0) is 23.9 Å². The van der Waals surface area contributed by atoms with Crippen LogP contribution in [0.5, 0.6) is 0 Å². The zero-order valence-corrected chi connectivity index (χ0v) is 12.3. The van der Waals surface area contributed by atoms with Crippen molar-refractivity contribution in [2.45, 2.75) is 40.2 Å². The van der Waals surface area contributed by atoms with E-state index >= 15 is 0 Å². The molecule has 0 radical (unpaired) electrons. The quantitative estimate of drug-likeness (QED) is 0.602. The molecule has 0 amide bonds. The second-order valence-corrected chi connectivity index (χ2v) is 3.14. The SMILES string of the molecule is CCC(=O)O.CCOC(=O)C(C)O.CCOC(=O)CO. The standard InChI is InChI=1S/C5H10O3.C4H8O3.C3H6O2/c1-3-8-5(7)4(2)6;1-2-7-4(6)3-5;1-2-3(4)5/h4,6H,3H2,1-2H3;5H,2-3H2,1H3;2H2,1H3,(H,4,5). The maximum Gasteiger partial charge on any atom is 0.334 e. The molecule has 8 heteroatoms. The van der Waals surface area contributed by atoms with E-state index in [1.165, 1.54) is 6.92 Å². The number of hydrogen-bond acceptors (Lipinski definition) is 7. The van der Waals surface area contributed by atoms with Crippen LogP contribution in [-0.4, -0.2) is 59.2 Å². The zero-order chi connectivity index (χ0) is 16.6. The van der Waals surface area contributed by atoms with E-state index in [0.717, 1.165) is 0 Å². The third-order valence-corrected chi connectivity index (χ3v) is 1.36. The van der Waals surface area contributed by atoms with Gasteiger partial charge in [-0.3, -0.25) is 4.79 Å². The van der Waals surface area contributed by atoms with Crippen molar-refractivity contribution in [2.75, 3.05) is 19.8 Å². The Morgan fingerprint density at radius 2 is 1.45 bits per heavy atom. The van der Waals surface area contributed by atoms with Gasteiger partial charge >= 0.3 is 17.9 Å². The lowest BCUT2D eigenvalue weighted by Gasteiger charge is -2.01. The average molecular weight is 296 g/mol. The van der Waals surface area contributed by atoms with Gasteiger partial charge in [0.2, 0.25) is 0 Å². The molecule has 0 aromatic rings. The van der Waals surface area contributed by atoms with Crippen molar-refractivity contribution >= 4 is 17.9 Å². The minimum absolute atomic E-state index is 0.222. The van der Waals surface area contributed by atoms with Crippen LogP contribution in [0.15, 0.2) is 0 Å². The number of carbonyl (C=O) groups excluding carboxylic acids is 2. The Morgan fingerprint density at radius 1 is 1.05 bits per heavy atom. The van der Waals surface area contributed by atoms with Gasteiger partial charge in [0.05, 0.1) is 13.2 Å². The fraction of sp³-hybridized carbons (Fsp3) is 0.750. The van der Waals surface area contributed by atoms with Gasteiger partial charge in [-0.1, -0.05) is 6.92 Å². The maximum absolute atomic E-state index is 10.3. The van der Waals surface area contributed by atoms with E-state index in [2.05, 4.69) is 9.47 Å². The summed E-state index contributed by atoms with van der Waals surface area (Å²) in [5.41, 5.74) is 0. The molecular formula is C12H24O8. The number of carboxylic acid groups (broad SMARTS) is 1. The van der Waals surface area contributed by atoms with Gasteiger partial charge in [-0.2, -0.15) is 0 Å². The Morgan fingerprint density at radius 3 is 1.55 bits per heavy atom. The number of esters is 2. The Kier molecular flexibility index (Phi) is 20.3. The molecule has 0 aliphatic heterocycles. The van der Waals surface area contributed by atoms with Crippen molar-refractivity contribution in [1.29, 1.82) is 0 Å². The van der Waals surface area contributed by atoms with E-state index < -0.39 is 30.6 Å².